The second-order valence-corrected chi connectivity index (χ2v) is 4.49. The highest BCUT2D eigenvalue weighted by atomic mass is 35.5. The van der Waals surface area contributed by atoms with Crippen LogP contribution in [0.3, 0.4) is 0 Å². The van der Waals surface area contributed by atoms with Crippen molar-refractivity contribution in [3.05, 3.63) is 34.3 Å². The summed E-state index contributed by atoms with van der Waals surface area (Å²) in [4.78, 5) is 6.51. The van der Waals surface area contributed by atoms with Crippen molar-refractivity contribution in [2.24, 2.45) is 4.99 Å². The third-order valence-corrected chi connectivity index (χ3v) is 3.04. The minimum absolute atomic E-state index is 0.773. The van der Waals surface area contributed by atoms with Gasteiger partial charge in [0.15, 0.2) is 5.96 Å². The lowest BCUT2D eigenvalue weighted by Crippen LogP contribution is -2.35. The van der Waals surface area contributed by atoms with Crippen molar-refractivity contribution < 1.29 is 0 Å². The van der Waals surface area contributed by atoms with Crippen LogP contribution in [0.5, 0.6) is 0 Å². The van der Waals surface area contributed by atoms with Gasteiger partial charge < -0.3 is 10.2 Å². The van der Waals surface area contributed by atoms with Crippen molar-refractivity contribution in [3.63, 3.8) is 0 Å². The van der Waals surface area contributed by atoms with Gasteiger partial charge in [-0.1, -0.05) is 17.7 Å². The van der Waals surface area contributed by atoms with E-state index in [-0.39, 0.29) is 0 Å². The van der Waals surface area contributed by atoms with Gasteiger partial charge in [0, 0.05) is 25.2 Å². The Balaban J connectivity index is 2.02. The molecule has 0 saturated carbocycles. The summed E-state index contributed by atoms with van der Waals surface area (Å²) >= 11 is 5.97. The van der Waals surface area contributed by atoms with Gasteiger partial charge in [-0.2, -0.15) is 0 Å². The molecule has 0 aliphatic carbocycles. The summed E-state index contributed by atoms with van der Waals surface area (Å²) in [5.41, 5.74) is 2.47. The van der Waals surface area contributed by atoms with Gasteiger partial charge in [0.2, 0.25) is 0 Å². The van der Waals surface area contributed by atoms with Gasteiger partial charge in [0.05, 0.1) is 6.54 Å². The highest BCUT2D eigenvalue weighted by Crippen LogP contribution is 2.15. The molecule has 0 fully saturated rings. The van der Waals surface area contributed by atoms with E-state index in [0.29, 0.717) is 0 Å². The maximum Gasteiger partial charge on any atom is 0.194 e. The third kappa shape index (κ3) is 2.47. The Morgan fingerprint density at radius 1 is 1.50 bits per heavy atom. The second-order valence-electron chi connectivity index (χ2n) is 4.05. The minimum atomic E-state index is 0.773. The first kappa shape index (κ1) is 11.3. The molecule has 0 radical (unpaired) electrons. The van der Waals surface area contributed by atoms with Crippen molar-refractivity contribution in [2.45, 2.75) is 13.5 Å². The SMILES string of the molecule is Cc1ccc(Cl)cc1CNC1=NCCN1C. The molecule has 1 N–H and O–H groups in total. The molecule has 0 unspecified atom stereocenters. The number of guanidine groups is 1. The Morgan fingerprint density at radius 2 is 2.31 bits per heavy atom. The first-order chi connectivity index (χ1) is 7.66. The molecule has 1 heterocycles. The smallest absolute Gasteiger partial charge is 0.194 e. The van der Waals surface area contributed by atoms with Crippen LogP contribution in [-0.4, -0.2) is 31.0 Å². The van der Waals surface area contributed by atoms with Gasteiger partial charge in [-0.05, 0) is 30.2 Å². The highest BCUT2D eigenvalue weighted by molar-refractivity contribution is 6.30. The first-order valence-electron chi connectivity index (χ1n) is 5.41. The zero-order valence-electron chi connectivity index (χ0n) is 9.63. The number of nitrogens with zero attached hydrogens (tertiary/aromatic N) is 2. The lowest BCUT2D eigenvalue weighted by atomic mass is 10.1. The number of likely N-dealkylation sites (N-methyl/N-ethyl adjacent to an activating group) is 1. The van der Waals surface area contributed by atoms with Crippen molar-refractivity contribution in [1.82, 2.24) is 10.2 Å². The lowest BCUT2D eigenvalue weighted by Gasteiger charge is -2.16. The molecule has 0 aromatic heterocycles. The minimum Gasteiger partial charge on any atom is -0.352 e. The zero-order valence-corrected chi connectivity index (χ0v) is 10.4. The third-order valence-electron chi connectivity index (χ3n) is 2.81. The largest absolute Gasteiger partial charge is 0.352 e. The van der Waals surface area contributed by atoms with E-state index in [1.54, 1.807) is 0 Å². The lowest BCUT2D eigenvalue weighted by molar-refractivity contribution is 0.534. The molecule has 1 aliphatic heterocycles. The number of hydrogen-bond acceptors (Lipinski definition) is 3. The Labute approximate surface area is 101 Å². The molecular weight excluding hydrogens is 222 g/mol. The van der Waals surface area contributed by atoms with Gasteiger partial charge in [0.1, 0.15) is 0 Å². The Morgan fingerprint density at radius 3 is 3.00 bits per heavy atom. The molecule has 16 heavy (non-hydrogen) atoms. The summed E-state index contributed by atoms with van der Waals surface area (Å²) in [5.74, 6) is 0.972. The number of benzene rings is 1. The highest BCUT2D eigenvalue weighted by Gasteiger charge is 2.11. The summed E-state index contributed by atoms with van der Waals surface area (Å²) in [6.45, 7) is 4.74. The van der Waals surface area contributed by atoms with E-state index in [0.717, 1.165) is 30.6 Å². The average molecular weight is 238 g/mol. The van der Waals surface area contributed by atoms with E-state index < -0.39 is 0 Å². The van der Waals surface area contributed by atoms with Crippen LogP contribution < -0.4 is 5.32 Å². The van der Waals surface area contributed by atoms with Crippen molar-refractivity contribution in [1.29, 1.82) is 0 Å². The Bertz CT molecular complexity index is 415. The quantitative estimate of drug-likeness (QED) is 0.853. The molecule has 0 saturated heterocycles. The predicted octanol–water partition coefficient (Wildman–Crippen LogP) is 2.04. The topological polar surface area (TPSA) is 27.6 Å². The molecule has 4 heteroatoms. The number of aryl methyl sites for hydroxylation is 1. The van der Waals surface area contributed by atoms with Crippen LogP contribution in [0.2, 0.25) is 5.02 Å². The standard InChI is InChI=1S/C12H16ClN3/c1-9-3-4-11(13)7-10(9)8-15-12-14-5-6-16(12)2/h3-4,7H,5-6,8H2,1-2H3,(H,14,15). The Hall–Kier alpha value is -1.22. The maximum atomic E-state index is 5.97. The molecule has 0 bridgehead atoms. The summed E-state index contributed by atoms with van der Waals surface area (Å²) in [6.07, 6.45) is 0. The van der Waals surface area contributed by atoms with Crippen LogP contribution in [0.25, 0.3) is 0 Å². The number of rotatable bonds is 2. The first-order valence-corrected chi connectivity index (χ1v) is 5.79. The maximum absolute atomic E-state index is 5.97. The molecule has 3 nitrogen and oxygen atoms in total. The summed E-state index contributed by atoms with van der Waals surface area (Å²) in [7, 11) is 2.05. The number of hydrogen-bond donors (Lipinski definition) is 1. The molecule has 0 atom stereocenters. The summed E-state index contributed by atoms with van der Waals surface area (Å²) in [6, 6.07) is 5.96. The fourth-order valence-corrected chi connectivity index (χ4v) is 1.92. The van der Waals surface area contributed by atoms with Crippen molar-refractivity contribution in [3.8, 4) is 0 Å². The second kappa shape index (κ2) is 4.74. The normalized spacial score (nSPS) is 15.2. The van der Waals surface area contributed by atoms with Gasteiger partial charge >= 0.3 is 0 Å². The van der Waals surface area contributed by atoms with Crippen LogP contribution >= 0.6 is 11.6 Å². The molecule has 1 aliphatic rings. The average Bonchev–Trinajstić information content (AvgIpc) is 2.66. The van der Waals surface area contributed by atoms with Gasteiger partial charge in [-0.3, -0.25) is 4.99 Å². The zero-order chi connectivity index (χ0) is 11.5. The fraction of sp³-hybridized carbons (Fsp3) is 0.417. The van der Waals surface area contributed by atoms with E-state index in [1.807, 2.05) is 25.2 Å². The van der Waals surface area contributed by atoms with Crippen LogP contribution in [0, 0.1) is 6.92 Å². The molecule has 0 spiro atoms. The Kier molecular flexibility index (Phi) is 3.34. The predicted molar refractivity (Wildman–Crippen MR) is 68.0 cm³/mol. The van der Waals surface area contributed by atoms with Gasteiger partial charge in [-0.15, -0.1) is 0 Å². The van der Waals surface area contributed by atoms with Crippen molar-refractivity contribution >= 4 is 17.6 Å². The molecule has 1 aromatic rings. The molecule has 2 rings (SSSR count). The molecule has 86 valence electrons. The van der Waals surface area contributed by atoms with Crippen molar-refractivity contribution in [2.75, 3.05) is 20.1 Å². The van der Waals surface area contributed by atoms with Gasteiger partial charge in [-0.25, -0.2) is 0 Å². The molecular formula is C12H16ClN3. The molecule has 1 aromatic carbocycles. The fourth-order valence-electron chi connectivity index (χ4n) is 1.73. The van der Waals surface area contributed by atoms with Crippen LogP contribution in [0.4, 0.5) is 0 Å². The van der Waals surface area contributed by atoms with E-state index in [9.17, 15) is 0 Å². The van der Waals surface area contributed by atoms with E-state index in [1.165, 1.54) is 11.1 Å². The summed E-state index contributed by atoms with van der Waals surface area (Å²) in [5, 5.41) is 4.11. The van der Waals surface area contributed by atoms with E-state index in [4.69, 9.17) is 11.6 Å². The summed E-state index contributed by atoms with van der Waals surface area (Å²) < 4.78 is 0. The monoisotopic (exact) mass is 237 g/mol. The number of halogens is 1. The van der Waals surface area contributed by atoms with Crippen LogP contribution in [0.15, 0.2) is 23.2 Å². The van der Waals surface area contributed by atoms with E-state index >= 15 is 0 Å². The van der Waals surface area contributed by atoms with Crippen LogP contribution in [0.1, 0.15) is 11.1 Å². The number of aliphatic imine (C=N–C) groups is 1. The van der Waals surface area contributed by atoms with Gasteiger partial charge in [0.25, 0.3) is 0 Å². The van der Waals surface area contributed by atoms with E-state index in [2.05, 4.69) is 22.1 Å². The van der Waals surface area contributed by atoms with Crippen LogP contribution in [-0.2, 0) is 6.54 Å². The molecule has 0 amide bonds. The number of nitrogens with one attached hydrogen (secondary N) is 1.